The van der Waals surface area contributed by atoms with Gasteiger partial charge in [0.2, 0.25) is 15.9 Å². The summed E-state index contributed by atoms with van der Waals surface area (Å²) in [6.45, 7) is -0.587. The Morgan fingerprint density at radius 1 is 1.43 bits per heavy atom. The van der Waals surface area contributed by atoms with E-state index in [0.29, 0.717) is 0 Å². The predicted molar refractivity (Wildman–Crippen MR) is 72.6 cm³/mol. The van der Waals surface area contributed by atoms with Gasteiger partial charge in [0.1, 0.15) is 11.0 Å². The second-order valence-electron chi connectivity index (χ2n) is 4.01. The molecule has 9 nitrogen and oxygen atoms in total. The number of benzene rings is 1. The van der Waals surface area contributed by atoms with Crippen LogP contribution in [0, 0.1) is 0 Å². The Labute approximate surface area is 120 Å². The second-order valence-corrected chi connectivity index (χ2v) is 5.75. The zero-order chi connectivity index (χ0) is 16.2. The van der Waals surface area contributed by atoms with Gasteiger partial charge in [-0.05, 0) is 18.2 Å². The zero-order valence-electron chi connectivity index (χ0n) is 11.1. The molecule has 10 heteroatoms. The minimum atomic E-state index is -4.06. The first-order valence-corrected chi connectivity index (χ1v) is 7.12. The van der Waals surface area contributed by atoms with E-state index in [-0.39, 0.29) is 16.1 Å². The van der Waals surface area contributed by atoms with Gasteiger partial charge in [0.15, 0.2) is 0 Å². The summed E-state index contributed by atoms with van der Waals surface area (Å²) < 4.78 is 30.4. The Balaban J connectivity index is 2.99. The van der Waals surface area contributed by atoms with Crippen molar-refractivity contribution in [2.75, 3.05) is 19.4 Å². The van der Waals surface area contributed by atoms with E-state index in [1.54, 1.807) is 0 Å². The summed E-state index contributed by atoms with van der Waals surface area (Å²) in [5, 5.41) is 9.16. The first kappa shape index (κ1) is 16.9. The molecule has 0 aliphatic rings. The number of primary amides is 1. The van der Waals surface area contributed by atoms with Gasteiger partial charge in [0.05, 0.1) is 18.4 Å². The van der Waals surface area contributed by atoms with Crippen LogP contribution in [0.15, 0.2) is 23.1 Å². The molecule has 1 aromatic rings. The third-order valence-corrected chi connectivity index (χ3v) is 4.01. The highest BCUT2D eigenvalue weighted by Crippen LogP contribution is 2.20. The van der Waals surface area contributed by atoms with Crippen LogP contribution >= 0.6 is 0 Å². The van der Waals surface area contributed by atoms with Crippen molar-refractivity contribution in [2.45, 2.75) is 11.0 Å². The molecule has 1 amide bonds. The summed E-state index contributed by atoms with van der Waals surface area (Å²) in [6.07, 6.45) is -1.66. The Morgan fingerprint density at radius 2 is 2.05 bits per heavy atom. The largest absolute Gasteiger partial charge is 0.465 e. The molecule has 0 fully saturated rings. The molecule has 0 bridgehead atoms. The highest BCUT2D eigenvalue weighted by molar-refractivity contribution is 7.89. The molecular formula is C11H15N3O6S. The van der Waals surface area contributed by atoms with Crippen LogP contribution in [0.25, 0.3) is 0 Å². The lowest BCUT2D eigenvalue weighted by atomic mass is 10.2. The number of ether oxygens (including phenoxy) is 1. The number of rotatable bonds is 6. The van der Waals surface area contributed by atoms with Crippen LogP contribution in [0.4, 0.5) is 5.69 Å². The topological polar surface area (TPSA) is 162 Å². The lowest BCUT2D eigenvalue weighted by Gasteiger charge is -2.11. The molecule has 1 aromatic carbocycles. The molecule has 0 spiro atoms. The van der Waals surface area contributed by atoms with Crippen LogP contribution in [0.2, 0.25) is 0 Å². The number of aliphatic hydroxyl groups is 1. The Morgan fingerprint density at radius 3 is 2.52 bits per heavy atom. The normalized spacial score (nSPS) is 12.7. The maximum Gasteiger partial charge on any atom is 0.337 e. The Bertz CT molecular complexity index is 658. The number of methoxy groups -OCH3 is 1. The summed E-state index contributed by atoms with van der Waals surface area (Å²) in [7, 11) is -2.89. The van der Waals surface area contributed by atoms with Crippen molar-refractivity contribution >= 4 is 27.6 Å². The quantitative estimate of drug-likeness (QED) is 0.354. The molecule has 1 rings (SSSR count). The van der Waals surface area contributed by atoms with Gasteiger partial charge in [-0.2, -0.15) is 0 Å². The number of sulfonamides is 1. The number of nitrogens with two attached hydrogens (primary N) is 2. The number of nitrogens with one attached hydrogen (secondary N) is 1. The number of amides is 1. The minimum absolute atomic E-state index is 0.0890. The number of hydrogen-bond acceptors (Lipinski definition) is 7. The van der Waals surface area contributed by atoms with E-state index in [1.165, 1.54) is 13.2 Å². The monoisotopic (exact) mass is 317 g/mol. The Kier molecular flexibility index (Phi) is 5.24. The van der Waals surface area contributed by atoms with E-state index >= 15 is 0 Å². The van der Waals surface area contributed by atoms with Gasteiger partial charge in [-0.1, -0.05) is 0 Å². The van der Waals surface area contributed by atoms with Crippen LogP contribution < -0.4 is 16.2 Å². The summed E-state index contributed by atoms with van der Waals surface area (Å²) in [5.74, 6) is -1.73. The number of anilines is 1. The summed E-state index contributed by atoms with van der Waals surface area (Å²) in [4.78, 5) is 21.6. The van der Waals surface area contributed by atoms with Crippen molar-refractivity contribution in [2.24, 2.45) is 5.73 Å². The molecule has 0 aliphatic carbocycles. The van der Waals surface area contributed by atoms with Crippen LogP contribution in [0.1, 0.15) is 10.4 Å². The fourth-order valence-corrected chi connectivity index (χ4v) is 2.55. The molecule has 21 heavy (non-hydrogen) atoms. The molecule has 116 valence electrons. The SMILES string of the molecule is COC(=O)c1ccc(S(=O)(=O)NCC(O)C(N)=O)c(N)c1. The third-order valence-electron chi connectivity index (χ3n) is 2.52. The molecule has 0 radical (unpaired) electrons. The van der Waals surface area contributed by atoms with Crippen LogP contribution in [-0.2, 0) is 19.6 Å². The number of carbonyl (C=O) groups is 2. The number of nitrogen functional groups attached to an aromatic ring is 1. The average Bonchev–Trinajstić information content (AvgIpc) is 2.43. The van der Waals surface area contributed by atoms with E-state index < -0.39 is 34.5 Å². The Hall–Kier alpha value is -2.17. The summed E-state index contributed by atoms with van der Waals surface area (Å²) in [5.41, 5.74) is 10.3. The highest BCUT2D eigenvalue weighted by Gasteiger charge is 2.21. The molecule has 1 unspecified atom stereocenters. The number of aliphatic hydroxyl groups excluding tert-OH is 1. The van der Waals surface area contributed by atoms with E-state index in [0.717, 1.165) is 12.1 Å². The first-order valence-electron chi connectivity index (χ1n) is 5.64. The summed E-state index contributed by atoms with van der Waals surface area (Å²) >= 11 is 0. The van der Waals surface area contributed by atoms with E-state index in [2.05, 4.69) is 4.74 Å². The average molecular weight is 317 g/mol. The van der Waals surface area contributed by atoms with E-state index in [1.807, 2.05) is 4.72 Å². The smallest absolute Gasteiger partial charge is 0.337 e. The van der Waals surface area contributed by atoms with Crippen molar-refractivity contribution in [3.8, 4) is 0 Å². The van der Waals surface area contributed by atoms with Crippen LogP contribution in [0.3, 0.4) is 0 Å². The predicted octanol–water partition coefficient (Wildman–Crippen LogP) is -1.82. The third kappa shape index (κ3) is 4.15. The maximum atomic E-state index is 12.0. The highest BCUT2D eigenvalue weighted by atomic mass is 32.2. The molecule has 0 heterocycles. The van der Waals surface area contributed by atoms with Gasteiger partial charge < -0.3 is 21.3 Å². The molecule has 0 aliphatic heterocycles. The minimum Gasteiger partial charge on any atom is -0.465 e. The molecule has 6 N–H and O–H groups in total. The van der Waals surface area contributed by atoms with Gasteiger partial charge in [0, 0.05) is 6.54 Å². The second kappa shape index (κ2) is 6.52. The van der Waals surface area contributed by atoms with Crippen LogP contribution in [0.5, 0.6) is 0 Å². The maximum absolute atomic E-state index is 12.0. The molecule has 1 atom stereocenters. The zero-order valence-corrected chi connectivity index (χ0v) is 11.9. The standard InChI is InChI=1S/C11H15N3O6S/c1-20-11(17)6-2-3-9(7(12)4-6)21(18,19)14-5-8(15)10(13)16/h2-4,8,14-15H,5,12H2,1H3,(H2,13,16). The van der Waals surface area contributed by atoms with Gasteiger partial charge in [-0.3, -0.25) is 4.79 Å². The molecular weight excluding hydrogens is 302 g/mol. The number of carbonyl (C=O) groups excluding carboxylic acids is 2. The van der Waals surface area contributed by atoms with Crippen molar-refractivity contribution in [3.63, 3.8) is 0 Å². The van der Waals surface area contributed by atoms with Gasteiger partial charge in [-0.15, -0.1) is 0 Å². The number of hydrogen-bond donors (Lipinski definition) is 4. The van der Waals surface area contributed by atoms with Gasteiger partial charge in [-0.25, -0.2) is 17.9 Å². The van der Waals surface area contributed by atoms with E-state index in [9.17, 15) is 18.0 Å². The van der Waals surface area contributed by atoms with E-state index in [4.69, 9.17) is 16.6 Å². The van der Waals surface area contributed by atoms with Crippen LogP contribution in [-0.4, -0.2) is 45.2 Å². The van der Waals surface area contributed by atoms with Gasteiger partial charge >= 0.3 is 5.97 Å². The molecule has 0 saturated carbocycles. The first-order chi connectivity index (χ1) is 9.69. The van der Waals surface area contributed by atoms with Gasteiger partial charge in [0.25, 0.3) is 0 Å². The van der Waals surface area contributed by atoms with Crippen molar-refractivity contribution < 1.29 is 27.9 Å². The lowest BCUT2D eigenvalue weighted by Crippen LogP contribution is -2.40. The van der Waals surface area contributed by atoms with Crippen molar-refractivity contribution in [1.82, 2.24) is 4.72 Å². The fourth-order valence-electron chi connectivity index (χ4n) is 1.40. The van der Waals surface area contributed by atoms with Crippen molar-refractivity contribution in [1.29, 1.82) is 0 Å². The molecule has 0 saturated heterocycles. The lowest BCUT2D eigenvalue weighted by molar-refractivity contribution is -0.125. The fraction of sp³-hybridized carbons (Fsp3) is 0.273. The van der Waals surface area contributed by atoms with Crippen molar-refractivity contribution in [3.05, 3.63) is 23.8 Å². The summed E-state index contributed by atoms with van der Waals surface area (Å²) in [6, 6.07) is 3.48. The molecule has 0 aromatic heterocycles. The number of esters is 1.